The number of aliphatic carboxylic acids is 4. The van der Waals surface area contributed by atoms with Gasteiger partial charge in [0.05, 0.1) is 51.3 Å². The van der Waals surface area contributed by atoms with Crippen molar-refractivity contribution in [3.05, 3.63) is 25.3 Å². The molecule has 55 heavy (non-hydrogen) atoms. The van der Waals surface area contributed by atoms with Gasteiger partial charge in [0, 0.05) is 38.5 Å². The Kier molecular flexibility index (Phi) is 33.5. The SMILES string of the molecule is C=CCCCCC(=O)NCC[N+](CCO)(C(CC)C(=O)[O-])C(CC)C(=O)O.C=CCCCCC(=O)NCC[N+](CCO)(C(CC)C(=O)[O-])C(CC)C(=O)O.[Ca+2]. The van der Waals surface area contributed by atoms with E-state index >= 15 is 0 Å². The van der Waals surface area contributed by atoms with Crippen LogP contribution in [0.1, 0.15) is 105 Å². The summed E-state index contributed by atoms with van der Waals surface area (Å²) < 4.78 is -0.699. The van der Waals surface area contributed by atoms with Gasteiger partial charge in [0.1, 0.15) is 25.2 Å². The van der Waals surface area contributed by atoms with Crippen molar-refractivity contribution in [2.75, 3.05) is 52.5 Å². The summed E-state index contributed by atoms with van der Waals surface area (Å²) in [6, 6.07) is -4.18. The van der Waals surface area contributed by atoms with Gasteiger partial charge in [-0.25, -0.2) is 9.59 Å². The van der Waals surface area contributed by atoms with Crippen molar-refractivity contribution in [3.8, 4) is 0 Å². The fourth-order valence-electron chi connectivity index (χ4n) is 7.41. The molecule has 0 aromatic heterocycles. The number of aliphatic hydroxyl groups is 2. The molecule has 6 N–H and O–H groups in total. The number of allylic oxidation sites excluding steroid dienone is 2. The van der Waals surface area contributed by atoms with Crippen LogP contribution in [0.25, 0.3) is 0 Å². The van der Waals surface area contributed by atoms with Crippen molar-refractivity contribution >= 4 is 73.4 Å². The average molecular weight is 813 g/mol. The van der Waals surface area contributed by atoms with Crippen LogP contribution in [0.5, 0.6) is 0 Å². The van der Waals surface area contributed by atoms with Gasteiger partial charge in [0.2, 0.25) is 11.8 Å². The second-order valence-electron chi connectivity index (χ2n) is 13.3. The maximum atomic E-state index is 12.0. The van der Waals surface area contributed by atoms with E-state index in [2.05, 4.69) is 23.8 Å². The summed E-state index contributed by atoms with van der Waals surface area (Å²) in [7, 11) is 0. The number of aliphatic hydroxyl groups excluding tert-OH is 2. The number of rotatable bonds is 32. The van der Waals surface area contributed by atoms with Gasteiger partial charge in [-0.1, -0.05) is 39.8 Å². The summed E-state index contributed by atoms with van der Waals surface area (Å²) in [5, 5.41) is 67.2. The number of amides is 2. The molecule has 0 saturated carbocycles. The molecule has 0 radical (unpaired) electrons. The number of hydrogen-bond donors (Lipinski definition) is 6. The van der Waals surface area contributed by atoms with E-state index in [4.69, 9.17) is 0 Å². The fraction of sp³-hybridized carbons (Fsp3) is 0.737. The molecule has 0 spiro atoms. The van der Waals surface area contributed by atoms with Crippen LogP contribution in [0, 0.1) is 0 Å². The third-order valence-electron chi connectivity index (χ3n) is 10.0. The van der Waals surface area contributed by atoms with Gasteiger partial charge in [-0.05, 0) is 38.5 Å². The summed E-state index contributed by atoms with van der Waals surface area (Å²) in [6.07, 6.45) is 9.86. The molecular formula is C38H68CaN4O12+2. The van der Waals surface area contributed by atoms with Gasteiger partial charge in [0.25, 0.3) is 0 Å². The standard InChI is InChI=1S/2C19H34N2O6.Ca/c2*1-4-7-8-9-10-17(23)20-11-12-21(13-14-22,15(5-2)18(24)25)16(6-3)19(26)27;/h2*4,15-16,22H,1,5-14H2,2-3H3,(H2-,20,23,24,25,26,27);/q;;+2. The predicted octanol–water partition coefficient (Wildman–Crippen LogP) is -0.281. The van der Waals surface area contributed by atoms with Crippen LogP contribution >= 0.6 is 0 Å². The Hall–Kier alpha value is -2.60. The first-order chi connectivity index (χ1) is 25.6. The number of carbonyl (C=O) groups is 6. The van der Waals surface area contributed by atoms with E-state index in [1.54, 1.807) is 39.8 Å². The molecular weight excluding hydrogens is 745 g/mol. The largest absolute Gasteiger partial charge is 2.00 e. The van der Waals surface area contributed by atoms with Crippen LogP contribution in [-0.4, -0.2) is 179 Å². The van der Waals surface area contributed by atoms with Gasteiger partial charge >= 0.3 is 49.7 Å². The molecule has 0 aromatic rings. The molecule has 0 aromatic carbocycles. The molecule has 0 bridgehead atoms. The molecule has 0 rings (SSSR count). The third-order valence-corrected chi connectivity index (χ3v) is 10.0. The minimum Gasteiger partial charge on any atom is -0.544 e. The molecule has 0 fully saturated rings. The first-order valence-corrected chi connectivity index (χ1v) is 19.2. The molecule has 16 nitrogen and oxygen atoms in total. The van der Waals surface area contributed by atoms with Crippen molar-refractivity contribution in [2.24, 2.45) is 0 Å². The number of hydrogen-bond acceptors (Lipinski definition) is 10. The van der Waals surface area contributed by atoms with Crippen molar-refractivity contribution in [2.45, 2.75) is 129 Å². The molecule has 0 aliphatic rings. The molecule has 0 aliphatic carbocycles. The van der Waals surface area contributed by atoms with Crippen LogP contribution in [0.15, 0.2) is 25.3 Å². The van der Waals surface area contributed by atoms with E-state index in [0.717, 1.165) is 38.5 Å². The molecule has 2 amide bonds. The maximum absolute atomic E-state index is 12.0. The Balaban J connectivity index is -0.000000966. The van der Waals surface area contributed by atoms with Crippen LogP contribution < -0.4 is 20.8 Å². The number of carbonyl (C=O) groups excluding carboxylic acids is 4. The normalized spacial score (nSPS) is 15.1. The summed E-state index contributed by atoms with van der Waals surface area (Å²) in [4.78, 5) is 70.9. The molecule has 0 heterocycles. The number of unbranched alkanes of at least 4 members (excludes halogenated alkanes) is 4. The van der Waals surface area contributed by atoms with Crippen LogP contribution in [0.4, 0.5) is 0 Å². The number of nitrogens with zero attached hydrogens (tertiary/aromatic N) is 2. The average Bonchev–Trinajstić information content (AvgIpc) is 3.09. The minimum absolute atomic E-state index is 0. The van der Waals surface area contributed by atoms with E-state index < -0.39 is 48.0 Å². The van der Waals surface area contributed by atoms with Crippen molar-refractivity contribution in [1.82, 2.24) is 10.6 Å². The third kappa shape index (κ3) is 19.9. The van der Waals surface area contributed by atoms with Crippen LogP contribution in [-0.2, 0) is 28.8 Å². The van der Waals surface area contributed by atoms with Crippen LogP contribution in [0.2, 0.25) is 0 Å². The quantitative estimate of drug-likeness (QED) is 0.0222. The molecule has 6 unspecified atom stereocenters. The van der Waals surface area contributed by atoms with Gasteiger partial charge in [-0.2, -0.15) is 0 Å². The summed E-state index contributed by atoms with van der Waals surface area (Å²) in [5.74, 6) is -5.26. The second-order valence-corrected chi connectivity index (χ2v) is 13.3. The van der Waals surface area contributed by atoms with Gasteiger partial charge in [-0.3, -0.25) is 9.59 Å². The molecule has 17 heteroatoms. The van der Waals surface area contributed by atoms with E-state index in [-0.39, 0.29) is 137 Å². The maximum Gasteiger partial charge on any atom is 2.00 e. The van der Waals surface area contributed by atoms with Gasteiger partial charge < -0.3 is 59.8 Å². The van der Waals surface area contributed by atoms with E-state index in [0.29, 0.717) is 12.8 Å². The van der Waals surface area contributed by atoms with Crippen molar-refractivity contribution in [3.63, 3.8) is 0 Å². The summed E-state index contributed by atoms with van der Waals surface area (Å²) in [5.41, 5.74) is 0. The molecule has 0 saturated heterocycles. The van der Waals surface area contributed by atoms with E-state index in [9.17, 15) is 59.4 Å². The van der Waals surface area contributed by atoms with E-state index in [1.165, 1.54) is 0 Å². The van der Waals surface area contributed by atoms with E-state index in [1.807, 2.05) is 0 Å². The predicted molar refractivity (Wildman–Crippen MR) is 205 cm³/mol. The smallest absolute Gasteiger partial charge is 0.544 e. The first-order valence-electron chi connectivity index (χ1n) is 19.2. The summed E-state index contributed by atoms with van der Waals surface area (Å²) >= 11 is 0. The fourth-order valence-corrected chi connectivity index (χ4v) is 7.41. The Labute approximate surface area is 357 Å². The zero-order chi connectivity index (χ0) is 41.7. The first kappa shape index (κ1) is 56.7. The van der Waals surface area contributed by atoms with Crippen molar-refractivity contribution < 1.29 is 68.4 Å². The number of nitrogens with one attached hydrogen (secondary N) is 2. The van der Waals surface area contributed by atoms with Gasteiger partial charge in [-0.15, -0.1) is 13.2 Å². The molecule has 312 valence electrons. The number of quaternary nitrogens is 2. The second kappa shape index (κ2) is 32.5. The Bertz CT molecular complexity index is 1040. The minimum atomic E-state index is -1.35. The van der Waals surface area contributed by atoms with Crippen LogP contribution in [0.3, 0.4) is 0 Å². The zero-order valence-electron chi connectivity index (χ0n) is 33.7. The summed E-state index contributed by atoms with van der Waals surface area (Å²) in [6.45, 7) is 13.6. The molecule has 0 aliphatic heterocycles. The Morgan fingerprint density at radius 1 is 0.582 bits per heavy atom. The van der Waals surface area contributed by atoms with Crippen molar-refractivity contribution in [1.29, 1.82) is 0 Å². The number of carboxylic acids is 4. The Morgan fingerprint density at radius 3 is 1.11 bits per heavy atom. The Morgan fingerprint density at radius 2 is 0.891 bits per heavy atom. The zero-order valence-corrected chi connectivity index (χ0v) is 35.9. The number of carboxylic acid groups (broad SMARTS) is 4. The topological polar surface area (TPSA) is 254 Å². The molecule has 6 atom stereocenters. The van der Waals surface area contributed by atoms with Gasteiger partial charge in [0.15, 0.2) is 12.1 Å². The monoisotopic (exact) mass is 812 g/mol.